The van der Waals surface area contributed by atoms with Gasteiger partial charge in [-0.15, -0.1) is 0 Å². The molecule has 4 heteroatoms. The fraction of sp³-hybridized carbons (Fsp3) is 0.438. The van der Waals surface area contributed by atoms with Gasteiger partial charge in [-0.2, -0.15) is 0 Å². The molecular formula is C16H19N3O. The van der Waals surface area contributed by atoms with E-state index in [1.54, 1.807) is 0 Å². The summed E-state index contributed by atoms with van der Waals surface area (Å²) in [4.78, 5) is 17.6. The number of carbonyl (C=O) groups is 1. The lowest BCUT2D eigenvalue weighted by Gasteiger charge is -2.47. The van der Waals surface area contributed by atoms with Gasteiger partial charge in [0, 0.05) is 42.1 Å². The number of likely N-dealkylation sites (tertiary alicyclic amines) is 1. The van der Waals surface area contributed by atoms with Crippen LogP contribution in [-0.4, -0.2) is 42.0 Å². The van der Waals surface area contributed by atoms with E-state index in [4.69, 9.17) is 0 Å². The van der Waals surface area contributed by atoms with Crippen LogP contribution < -0.4 is 5.32 Å². The number of carbonyl (C=O) groups excluding carboxylic acids is 1. The summed E-state index contributed by atoms with van der Waals surface area (Å²) in [6, 6.07) is 8.16. The van der Waals surface area contributed by atoms with Crippen LogP contribution in [0.25, 0.3) is 10.9 Å². The van der Waals surface area contributed by atoms with Crippen molar-refractivity contribution in [3.63, 3.8) is 0 Å². The van der Waals surface area contributed by atoms with E-state index < -0.39 is 0 Å². The summed E-state index contributed by atoms with van der Waals surface area (Å²) in [7, 11) is 0. The first-order chi connectivity index (χ1) is 9.76. The van der Waals surface area contributed by atoms with Crippen molar-refractivity contribution in [3.8, 4) is 0 Å². The van der Waals surface area contributed by atoms with Crippen molar-refractivity contribution < 1.29 is 4.79 Å². The number of fused-ring (bicyclic) bond motifs is 1. The van der Waals surface area contributed by atoms with Crippen molar-refractivity contribution in [3.05, 3.63) is 36.0 Å². The van der Waals surface area contributed by atoms with Gasteiger partial charge in [-0.1, -0.05) is 18.2 Å². The van der Waals surface area contributed by atoms with E-state index in [2.05, 4.69) is 16.4 Å². The van der Waals surface area contributed by atoms with Crippen LogP contribution in [0.3, 0.4) is 0 Å². The zero-order valence-corrected chi connectivity index (χ0v) is 11.5. The van der Waals surface area contributed by atoms with Crippen LogP contribution in [0, 0.1) is 5.41 Å². The van der Waals surface area contributed by atoms with Gasteiger partial charge in [0.05, 0.1) is 6.42 Å². The van der Waals surface area contributed by atoms with Crippen LogP contribution in [0.1, 0.15) is 12.0 Å². The largest absolute Gasteiger partial charge is 0.361 e. The van der Waals surface area contributed by atoms with Gasteiger partial charge in [0.15, 0.2) is 0 Å². The highest BCUT2D eigenvalue weighted by Crippen LogP contribution is 2.36. The molecule has 4 nitrogen and oxygen atoms in total. The second-order valence-corrected chi connectivity index (χ2v) is 6.21. The summed E-state index contributed by atoms with van der Waals surface area (Å²) in [6.45, 7) is 4.04. The average Bonchev–Trinajstić information content (AvgIpc) is 3.04. The maximum Gasteiger partial charge on any atom is 0.227 e. The fourth-order valence-corrected chi connectivity index (χ4v) is 3.56. The standard InChI is InChI=1S/C16H19N3O/c20-15(19-10-16(11-19)5-6-17-9-16)7-12-8-18-14-4-2-1-3-13(12)14/h1-4,8,17-18H,5-7,9-11H2. The zero-order valence-electron chi connectivity index (χ0n) is 11.5. The molecule has 0 unspecified atom stereocenters. The van der Waals surface area contributed by atoms with Crippen LogP contribution in [0.4, 0.5) is 0 Å². The summed E-state index contributed by atoms with van der Waals surface area (Å²) in [6.07, 6.45) is 3.69. The highest BCUT2D eigenvalue weighted by Gasteiger charge is 2.46. The Balaban J connectivity index is 1.46. The minimum absolute atomic E-state index is 0.257. The molecule has 20 heavy (non-hydrogen) atoms. The Bertz CT molecular complexity index is 647. The number of hydrogen-bond donors (Lipinski definition) is 2. The number of para-hydroxylation sites is 1. The highest BCUT2D eigenvalue weighted by atomic mass is 16.2. The maximum absolute atomic E-state index is 12.4. The molecule has 0 atom stereocenters. The van der Waals surface area contributed by atoms with E-state index in [-0.39, 0.29) is 5.91 Å². The van der Waals surface area contributed by atoms with E-state index >= 15 is 0 Å². The number of amides is 1. The lowest BCUT2D eigenvalue weighted by molar-refractivity contribution is -0.141. The first-order valence-electron chi connectivity index (χ1n) is 7.29. The summed E-state index contributed by atoms with van der Waals surface area (Å²) in [5.41, 5.74) is 2.60. The zero-order chi connectivity index (χ0) is 13.6. The van der Waals surface area contributed by atoms with Crippen LogP contribution in [0.2, 0.25) is 0 Å². The molecule has 1 aromatic heterocycles. The molecular weight excluding hydrogens is 250 g/mol. The molecule has 2 aromatic rings. The van der Waals surface area contributed by atoms with Crippen molar-refractivity contribution in [1.82, 2.24) is 15.2 Å². The van der Waals surface area contributed by atoms with E-state index in [0.717, 1.165) is 37.3 Å². The Morgan fingerprint density at radius 2 is 2.15 bits per heavy atom. The van der Waals surface area contributed by atoms with Crippen LogP contribution >= 0.6 is 0 Å². The molecule has 2 aliphatic heterocycles. The Morgan fingerprint density at radius 1 is 1.30 bits per heavy atom. The second kappa shape index (κ2) is 4.35. The number of nitrogens with one attached hydrogen (secondary N) is 2. The van der Waals surface area contributed by atoms with E-state index in [1.165, 1.54) is 11.8 Å². The molecule has 0 saturated carbocycles. The summed E-state index contributed by atoms with van der Waals surface area (Å²) >= 11 is 0. The quantitative estimate of drug-likeness (QED) is 0.868. The molecule has 0 aliphatic carbocycles. The minimum Gasteiger partial charge on any atom is -0.361 e. The second-order valence-electron chi connectivity index (χ2n) is 6.21. The van der Waals surface area contributed by atoms with Gasteiger partial charge in [-0.25, -0.2) is 0 Å². The number of benzene rings is 1. The van der Waals surface area contributed by atoms with E-state index in [9.17, 15) is 4.79 Å². The van der Waals surface area contributed by atoms with Gasteiger partial charge in [-0.3, -0.25) is 4.79 Å². The first-order valence-corrected chi connectivity index (χ1v) is 7.29. The van der Waals surface area contributed by atoms with Crippen LogP contribution in [0.5, 0.6) is 0 Å². The number of nitrogens with zero attached hydrogens (tertiary/aromatic N) is 1. The number of aromatic amines is 1. The molecule has 4 rings (SSSR count). The van der Waals surface area contributed by atoms with Gasteiger partial charge >= 0.3 is 0 Å². The van der Waals surface area contributed by atoms with Crippen molar-refractivity contribution in [2.24, 2.45) is 5.41 Å². The Labute approximate surface area is 118 Å². The molecule has 1 spiro atoms. The third kappa shape index (κ3) is 1.83. The van der Waals surface area contributed by atoms with Gasteiger partial charge in [0.1, 0.15) is 0 Å². The molecule has 0 radical (unpaired) electrons. The summed E-state index contributed by atoms with van der Waals surface area (Å²) < 4.78 is 0. The Hall–Kier alpha value is -1.81. The molecule has 104 valence electrons. The number of rotatable bonds is 2. The predicted octanol–water partition coefficient (Wildman–Crippen LogP) is 1.53. The number of hydrogen-bond acceptors (Lipinski definition) is 2. The molecule has 2 fully saturated rings. The third-order valence-corrected chi connectivity index (χ3v) is 4.75. The van der Waals surface area contributed by atoms with E-state index in [1.807, 2.05) is 29.3 Å². The summed E-state index contributed by atoms with van der Waals surface area (Å²) in [5.74, 6) is 0.257. The molecule has 1 amide bonds. The molecule has 1 aromatic carbocycles. The van der Waals surface area contributed by atoms with Crippen LogP contribution in [0.15, 0.2) is 30.5 Å². The van der Waals surface area contributed by atoms with Gasteiger partial charge in [0.2, 0.25) is 5.91 Å². The van der Waals surface area contributed by atoms with Gasteiger partial charge in [-0.05, 0) is 24.6 Å². The number of aromatic nitrogens is 1. The van der Waals surface area contributed by atoms with Crippen molar-refractivity contribution in [1.29, 1.82) is 0 Å². The Kier molecular flexibility index (Phi) is 2.60. The topological polar surface area (TPSA) is 48.1 Å². The monoisotopic (exact) mass is 269 g/mol. The fourth-order valence-electron chi connectivity index (χ4n) is 3.56. The van der Waals surface area contributed by atoms with Crippen molar-refractivity contribution in [2.45, 2.75) is 12.8 Å². The maximum atomic E-state index is 12.4. The molecule has 2 N–H and O–H groups in total. The molecule has 2 saturated heterocycles. The first kappa shape index (κ1) is 12.0. The van der Waals surface area contributed by atoms with Gasteiger partial charge in [0.25, 0.3) is 0 Å². The molecule has 0 bridgehead atoms. The molecule has 3 heterocycles. The SMILES string of the molecule is O=C(Cc1c[nH]c2ccccc12)N1CC2(CCNC2)C1. The normalized spacial score (nSPS) is 20.5. The Morgan fingerprint density at radius 3 is 2.95 bits per heavy atom. The van der Waals surface area contributed by atoms with Crippen molar-refractivity contribution in [2.75, 3.05) is 26.2 Å². The van der Waals surface area contributed by atoms with Crippen LogP contribution in [-0.2, 0) is 11.2 Å². The minimum atomic E-state index is 0.257. The lowest BCUT2D eigenvalue weighted by Crippen LogP contribution is -2.59. The third-order valence-electron chi connectivity index (χ3n) is 4.75. The molecule has 2 aliphatic rings. The van der Waals surface area contributed by atoms with Gasteiger partial charge < -0.3 is 15.2 Å². The average molecular weight is 269 g/mol. The van der Waals surface area contributed by atoms with Crippen molar-refractivity contribution >= 4 is 16.8 Å². The van der Waals surface area contributed by atoms with E-state index in [0.29, 0.717) is 11.8 Å². The predicted molar refractivity (Wildman–Crippen MR) is 78.5 cm³/mol. The lowest BCUT2D eigenvalue weighted by atomic mass is 9.79. The highest BCUT2D eigenvalue weighted by molar-refractivity contribution is 5.89. The number of H-pyrrole nitrogens is 1. The summed E-state index contributed by atoms with van der Waals surface area (Å²) in [5, 5.41) is 4.57. The smallest absolute Gasteiger partial charge is 0.227 e.